The number of β-lactam (4-membered cyclic amide) rings is 1. The second-order valence-electron chi connectivity index (χ2n) is 2.95. The van der Waals surface area contributed by atoms with Crippen molar-refractivity contribution in [3.8, 4) is 0 Å². The van der Waals surface area contributed by atoms with E-state index in [2.05, 4.69) is 0 Å². The standard InChI is InChI=1S/C7H8N2O4S/c10-4-1-5-9(4)6(7(11)12)3(14-5)2-8-13/h5,8,13H,1-2H2,(H,11,12)/t5-/m0/s1. The molecule has 0 aromatic heterocycles. The second-order valence-corrected chi connectivity index (χ2v) is 4.22. The molecule has 0 radical (unpaired) electrons. The van der Waals surface area contributed by atoms with E-state index in [0.29, 0.717) is 11.3 Å². The summed E-state index contributed by atoms with van der Waals surface area (Å²) in [4.78, 5) is 23.7. The molecule has 76 valence electrons. The maximum Gasteiger partial charge on any atom is 0.353 e. The Kier molecular flexibility index (Phi) is 2.22. The maximum absolute atomic E-state index is 11.1. The molecule has 0 unspecified atom stereocenters. The molecular weight excluding hydrogens is 208 g/mol. The number of carboxylic acid groups (broad SMARTS) is 1. The number of nitrogens with zero attached hydrogens (tertiary/aromatic N) is 1. The van der Waals surface area contributed by atoms with Crippen molar-refractivity contribution in [1.29, 1.82) is 0 Å². The van der Waals surface area contributed by atoms with E-state index in [1.165, 1.54) is 16.7 Å². The Hall–Kier alpha value is -1.05. The lowest BCUT2D eigenvalue weighted by atomic mass is 10.1. The number of carbonyl (C=O) groups excluding carboxylic acids is 1. The van der Waals surface area contributed by atoms with Gasteiger partial charge in [-0.2, -0.15) is 0 Å². The van der Waals surface area contributed by atoms with E-state index in [-0.39, 0.29) is 23.5 Å². The van der Waals surface area contributed by atoms with Gasteiger partial charge in [0.2, 0.25) is 5.91 Å². The van der Waals surface area contributed by atoms with Gasteiger partial charge in [-0.15, -0.1) is 11.8 Å². The molecule has 0 saturated carbocycles. The first-order valence-corrected chi connectivity index (χ1v) is 4.85. The zero-order valence-electron chi connectivity index (χ0n) is 7.06. The van der Waals surface area contributed by atoms with E-state index in [1.54, 1.807) is 0 Å². The van der Waals surface area contributed by atoms with Crippen LogP contribution in [0.25, 0.3) is 0 Å². The highest BCUT2D eigenvalue weighted by Crippen LogP contribution is 2.45. The molecule has 3 N–H and O–H groups in total. The number of hydrogen-bond acceptors (Lipinski definition) is 5. The third-order valence-corrected chi connectivity index (χ3v) is 3.40. The average Bonchev–Trinajstić information content (AvgIpc) is 2.39. The molecule has 1 atom stereocenters. The van der Waals surface area contributed by atoms with Crippen molar-refractivity contribution in [2.24, 2.45) is 0 Å². The van der Waals surface area contributed by atoms with Crippen molar-refractivity contribution >= 4 is 23.6 Å². The number of aliphatic carboxylic acids is 1. The van der Waals surface area contributed by atoms with Crippen LogP contribution in [-0.4, -0.2) is 39.0 Å². The van der Waals surface area contributed by atoms with Gasteiger partial charge in [-0.25, -0.2) is 10.3 Å². The highest BCUT2D eigenvalue weighted by Gasteiger charge is 2.48. The highest BCUT2D eigenvalue weighted by molar-refractivity contribution is 8.04. The Labute approximate surface area is 83.5 Å². The molecule has 7 heteroatoms. The summed E-state index contributed by atoms with van der Waals surface area (Å²) in [6, 6.07) is 0. The van der Waals surface area contributed by atoms with Crippen molar-refractivity contribution in [3.63, 3.8) is 0 Å². The molecule has 0 aliphatic carbocycles. The van der Waals surface area contributed by atoms with Crippen LogP contribution in [0.3, 0.4) is 0 Å². The fourth-order valence-electron chi connectivity index (χ4n) is 1.52. The van der Waals surface area contributed by atoms with Gasteiger partial charge in [-0.1, -0.05) is 0 Å². The van der Waals surface area contributed by atoms with Gasteiger partial charge in [0.05, 0.1) is 18.3 Å². The molecule has 0 bridgehead atoms. The van der Waals surface area contributed by atoms with Gasteiger partial charge in [0.15, 0.2) is 0 Å². The van der Waals surface area contributed by atoms with Crippen LogP contribution < -0.4 is 5.48 Å². The van der Waals surface area contributed by atoms with Crippen LogP contribution in [0.4, 0.5) is 0 Å². The predicted molar refractivity (Wildman–Crippen MR) is 47.3 cm³/mol. The minimum atomic E-state index is -1.13. The molecule has 2 heterocycles. The normalized spacial score (nSPS) is 25.1. The first-order valence-electron chi connectivity index (χ1n) is 3.97. The van der Waals surface area contributed by atoms with E-state index >= 15 is 0 Å². The van der Waals surface area contributed by atoms with Crippen LogP contribution in [0.5, 0.6) is 0 Å². The molecule has 0 aromatic carbocycles. The van der Waals surface area contributed by atoms with Crippen molar-refractivity contribution in [3.05, 3.63) is 10.6 Å². The lowest BCUT2D eigenvalue weighted by Gasteiger charge is -2.33. The monoisotopic (exact) mass is 216 g/mol. The smallest absolute Gasteiger partial charge is 0.353 e. The molecule has 1 saturated heterocycles. The van der Waals surface area contributed by atoms with E-state index < -0.39 is 5.97 Å². The first kappa shape index (κ1) is 9.50. The number of carbonyl (C=O) groups is 2. The highest BCUT2D eigenvalue weighted by atomic mass is 32.2. The number of carboxylic acids is 1. The summed E-state index contributed by atoms with van der Waals surface area (Å²) in [5, 5.41) is 17.3. The molecule has 14 heavy (non-hydrogen) atoms. The molecule has 2 aliphatic heterocycles. The summed E-state index contributed by atoms with van der Waals surface area (Å²) in [6.45, 7) is 0.0621. The number of thioether (sulfide) groups is 1. The van der Waals surface area contributed by atoms with Gasteiger partial charge < -0.3 is 10.3 Å². The number of nitrogens with one attached hydrogen (secondary N) is 1. The van der Waals surface area contributed by atoms with Crippen molar-refractivity contribution in [1.82, 2.24) is 10.4 Å². The van der Waals surface area contributed by atoms with E-state index in [4.69, 9.17) is 10.3 Å². The lowest BCUT2D eigenvalue weighted by molar-refractivity contribution is -0.145. The van der Waals surface area contributed by atoms with E-state index in [0.717, 1.165) is 0 Å². The number of rotatable bonds is 3. The van der Waals surface area contributed by atoms with Gasteiger partial charge in [0.25, 0.3) is 0 Å². The molecule has 2 rings (SSSR count). The van der Waals surface area contributed by atoms with Crippen LogP contribution in [0, 0.1) is 0 Å². The van der Waals surface area contributed by atoms with Crippen molar-refractivity contribution in [2.75, 3.05) is 6.54 Å². The van der Waals surface area contributed by atoms with Gasteiger partial charge in [-0.3, -0.25) is 9.69 Å². The summed E-state index contributed by atoms with van der Waals surface area (Å²) >= 11 is 1.31. The Morgan fingerprint density at radius 3 is 2.93 bits per heavy atom. The van der Waals surface area contributed by atoms with Gasteiger partial charge in [0.1, 0.15) is 5.70 Å². The molecular formula is C7H8N2O4S. The van der Waals surface area contributed by atoms with Crippen LogP contribution in [0.15, 0.2) is 10.6 Å². The summed E-state index contributed by atoms with van der Waals surface area (Å²) < 4.78 is 0. The SMILES string of the molecule is O=C(O)C1=C(CNO)S[C@H]2CC(=O)N12. The van der Waals surface area contributed by atoms with Gasteiger partial charge >= 0.3 is 5.97 Å². The molecule has 0 spiro atoms. The fourth-order valence-corrected chi connectivity index (χ4v) is 2.85. The van der Waals surface area contributed by atoms with Crippen molar-refractivity contribution in [2.45, 2.75) is 11.8 Å². The zero-order valence-corrected chi connectivity index (χ0v) is 7.87. The van der Waals surface area contributed by atoms with Gasteiger partial charge in [-0.05, 0) is 0 Å². The number of hydroxylamine groups is 1. The Morgan fingerprint density at radius 1 is 1.71 bits per heavy atom. The number of hydrogen-bond donors (Lipinski definition) is 3. The average molecular weight is 216 g/mol. The zero-order chi connectivity index (χ0) is 10.3. The summed E-state index contributed by atoms with van der Waals surface area (Å²) in [5.41, 5.74) is 1.90. The maximum atomic E-state index is 11.1. The van der Waals surface area contributed by atoms with E-state index in [1.807, 2.05) is 5.48 Å². The predicted octanol–water partition coefficient (Wildman–Crippen LogP) is -0.433. The quantitative estimate of drug-likeness (QED) is 0.438. The summed E-state index contributed by atoms with van der Waals surface area (Å²) in [7, 11) is 0. The Balaban J connectivity index is 2.28. The molecule has 6 nitrogen and oxygen atoms in total. The summed E-state index contributed by atoms with van der Waals surface area (Å²) in [6.07, 6.45) is 0.371. The molecule has 0 aromatic rings. The summed E-state index contributed by atoms with van der Waals surface area (Å²) in [5.74, 6) is -1.30. The first-order chi connectivity index (χ1) is 6.65. The molecule has 1 fully saturated rings. The third-order valence-electron chi connectivity index (χ3n) is 2.13. The minimum absolute atomic E-state index is 0.00204. The fraction of sp³-hybridized carbons (Fsp3) is 0.429. The van der Waals surface area contributed by atoms with Crippen molar-refractivity contribution < 1.29 is 19.9 Å². The second kappa shape index (κ2) is 3.26. The van der Waals surface area contributed by atoms with Crippen LogP contribution in [-0.2, 0) is 9.59 Å². The third kappa shape index (κ3) is 1.21. The molecule has 2 aliphatic rings. The Bertz CT molecular complexity index is 341. The van der Waals surface area contributed by atoms with Crippen LogP contribution >= 0.6 is 11.8 Å². The molecule has 1 amide bonds. The lowest BCUT2D eigenvalue weighted by Crippen LogP contribution is -2.48. The topological polar surface area (TPSA) is 89.9 Å². The van der Waals surface area contributed by atoms with Crippen LogP contribution in [0.1, 0.15) is 6.42 Å². The van der Waals surface area contributed by atoms with E-state index in [9.17, 15) is 9.59 Å². The Morgan fingerprint density at radius 2 is 2.43 bits per heavy atom. The van der Waals surface area contributed by atoms with Gasteiger partial charge in [0, 0.05) is 4.91 Å². The number of fused-ring (bicyclic) bond motifs is 1. The minimum Gasteiger partial charge on any atom is -0.477 e. The van der Waals surface area contributed by atoms with Crippen LogP contribution in [0.2, 0.25) is 0 Å². The number of amides is 1. The largest absolute Gasteiger partial charge is 0.477 e.